The third-order valence-corrected chi connectivity index (χ3v) is 6.57. The van der Waals surface area contributed by atoms with Gasteiger partial charge in [-0.25, -0.2) is 14.6 Å². The highest BCUT2D eigenvalue weighted by Gasteiger charge is 2.38. The first-order chi connectivity index (χ1) is 17.4. The molecule has 0 bridgehead atoms. The number of amides is 2. The van der Waals surface area contributed by atoms with Crippen LogP contribution in [-0.4, -0.2) is 60.0 Å². The predicted molar refractivity (Wildman–Crippen MR) is 128 cm³/mol. The zero-order valence-corrected chi connectivity index (χ0v) is 19.9. The third-order valence-electron chi connectivity index (χ3n) is 6.57. The largest absolute Gasteiger partial charge is 0.465 e. The van der Waals surface area contributed by atoms with Crippen LogP contribution in [0, 0.1) is 6.92 Å². The van der Waals surface area contributed by atoms with Crippen molar-refractivity contribution in [3.05, 3.63) is 76.0 Å². The number of carbonyl (C=O) groups is 4. The van der Waals surface area contributed by atoms with E-state index in [1.807, 2.05) is 18.2 Å². The Hall–Kier alpha value is -4.11. The predicted octanol–water partition coefficient (Wildman–Crippen LogP) is 3.46. The Morgan fingerprint density at radius 1 is 1.08 bits per heavy atom. The molecule has 2 amide bonds. The highest BCUT2D eigenvalue weighted by atomic mass is 16.5. The van der Waals surface area contributed by atoms with Crippen LogP contribution in [0.15, 0.2) is 42.5 Å². The summed E-state index contributed by atoms with van der Waals surface area (Å²) in [6.45, 7) is 2.32. The second-order valence-corrected chi connectivity index (χ2v) is 8.76. The van der Waals surface area contributed by atoms with E-state index in [1.54, 1.807) is 13.0 Å². The van der Waals surface area contributed by atoms with Crippen LogP contribution >= 0.6 is 0 Å². The maximum atomic E-state index is 12.9. The minimum atomic E-state index is -0.709. The van der Waals surface area contributed by atoms with E-state index in [2.05, 4.69) is 4.98 Å². The third kappa shape index (κ3) is 4.11. The Morgan fingerprint density at radius 2 is 1.86 bits per heavy atom. The van der Waals surface area contributed by atoms with Gasteiger partial charge in [0, 0.05) is 12.0 Å². The molecule has 3 heterocycles. The molecule has 1 aromatic heterocycles. The van der Waals surface area contributed by atoms with Gasteiger partial charge in [0.05, 0.1) is 53.2 Å². The summed E-state index contributed by atoms with van der Waals surface area (Å²) >= 11 is 0. The number of benzene rings is 2. The van der Waals surface area contributed by atoms with Gasteiger partial charge in [-0.2, -0.15) is 0 Å². The molecule has 1 fully saturated rings. The van der Waals surface area contributed by atoms with Gasteiger partial charge in [0.15, 0.2) is 0 Å². The van der Waals surface area contributed by atoms with Crippen LogP contribution in [0.2, 0.25) is 0 Å². The second kappa shape index (κ2) is 9.50. The van der Waals surface area contributed by atoms with Crippen molar-refractivity contribution in [1.29, 1.82) is 0 Å². The molecule has 3 aromatic rings. The molecule has 2 aromatic carbocycles. The topological polar surface area (TPSA) is 112 Å². The Kier molecular flexibility index (Phi) is 6.24. The van der Waals surface area contributed by atoms with Crippen molar-refractivity contribution in [1.82, 2.24) is 9.88 Å². The van der Waals surface area contributed by atoms with Crippen LogP contribution in [-0.2, 0) is 20.8 Å². The first-order valence-electron chi connectivity index (χ1n) is 11.6. The SMILES string of the molecule is COC(=O)c1c(COC(=O)c2ccc3c(c2)C(=O)N(C[C@H]2CCCO2)C3=O)nc2ccccc2c1C. The number of pyridine rings is 1. The summed E-state index contributed by atoms with van der Waals surface area (Å²) in [4.78, 5) is 56.7. The van der Waals surface area contributed by atoms with Crippen LogP contribution in [0.1, 0.15) is 65.5 Å². The van der Waals surface area contributed by atoms with E-state index in [0.717, 1.165) is 18.2 Å². The molecular weight excluding hydrogens is 464 g/mol. The molecule has 1 saturated heterocycles. The van der Waals surface area contributed by atoms with Crippen LogP contribution in [0.25, 0.3) is 10.9 Å². The van der Waals surface area contributed by atoms with E-state index in [0.29, 0.717) is 17.7 Å². The fourth-order valence-electron chi connectivity index (χ4n) is 4.71. The van der Waals surface area contributed by atoms with Crippen molar-refractivity contribution in [2.75, 3.05) is 20.3 Å². The Labute approximate surface area is 207 Å². The Morgan fingerprint density at radius 3 is 2.61 bits per heavy atom. The van der Waals surface area contributed by atoms with Gasteiger partial charge in [-0.05, 0) is 49.6 Å². The molecule has 1 atom stereocenters. The van der Waals surface area contributed by atoms with Gasteiger partial charge in [0.1, 0.15) is 6.61 Å². The molecular formula is C27H24N2O7. The van der Waals surface area contributed by atoms with Gasteiger partial charge in [0.2, 0.25) is 0 Å². The van der Waals surface area contributed by atoms with E-state index in [-0.39, 0.29) is 47.2 Å². The first kappa shape index (κ1) is 23.6. The van der Waals surface area contributed by atoms with Gasteiger partial charge in [-0.1, -0.05) is 18.2 Å². The zero-order chi connectivity index (χ0) is 25.4. The molecule has 0 spiro atoms. The number of aryl methyl sites for hydroxylation is 1. The fraction of sp³-hybridized carbons (Fsp3) is 0.296. The van der Waals surface area contributed by atoms with Gasteiger partial charge in [-0.15, -0.1) is 0 Å². The number of hydrogen-bond donors (Lipinski definition) is 0. The highest BCUT2D eigenvalue weighted by Crippen LogP contribution is 2.27. The summed E-state index contributed by atoms with van der Waals surface area (Å²) in [5, 5.41) is 0.794. The monoisotopic (exact) mass is 488 g/mol. The molecule has 5 rings (SSSR count). The number of methoxy groups -OCH3 is 1. The number of ether oxygens (including phenoxy) is 3. The van der Waals surface area contributed by atoms with Crippen LogP contribution < -0.4 is 0 Å². The van der Waals surface area contributed by atoms with Gasteiger partial charge < -0.3 is 14.2 Å². The number of esters is 2. The second-order valence-electron chi connectivity index (χ2n) is 8.76. The number of hydrogen-bond acceptors (Lipinski definition) is 8. The smallest absolute Gasteiger partial charge is 0.340 e. The van der Waals surface area contributed by atoms with E-state index in [4.69, 9.17) is 14.2 Å². The van der Waals surface area contributed by atoms with Gasteiger partial charge in [-0.3, -0.25) is 14.5 Å². The van der Waals surface area contributed by atoms with Crippen molar-refractivity contribution < 1.29 is 33.4 Å². The summed E-state index contributed by atoms with van der Waals surface area (Å²) < 4.78 is 16.0. The summed E-state index contributed by atoms with van der Waals surface area (Å²) in [5.41, 5.74) is 2.35. The Bertz CT molecular complexity index is 1410. The molecule has 0 unspecified atom stereocenters. The number of fused-ring (bicyclic) bond motifs is 2. The van der Waals surface area contributed by atoms with Crippen molar-refractivity contribution in [2.45, 2.75) is 32.5 Å². The normalized spacial score (nSPS) is 16.9. The van der Waals surface area contributed by atoms with Crippen molar-refractivity contribution in [2.24, 2.45) is 0 Å². The molecule has 9 nitrogen and oxygen atoms in total. The van der Waals surface area contributed by atoms with Crippen molar-refractivity contribution in [3.8, 4) is 0 Å². The number of para-hydroxylation sites is 1. The fourth-order valence-corrected chi connectivity index (χ4v) is 4.71. The zero-order valence-electron chi connectivity index (χ0n) is 19.9. The van der Waals surface area contributed by atoms with E-state index in [9.17, 15) is 19.2 Å². The lowest BCUT2D eigenvalue weighted by Gasteiger charge is -2.17. The summed E-state index contributed by atoms with van der Waals surface area (Å²) in [6, 6.07) is 11.6. The summed E-state index contributed by atoms with van der Waals surface area (Å²) in [6.07, 6.45) is 1.52. The van der Waals surface area contributed by atoms with Crippen molar-refractivity contribution >= 4 is 34.7 Å². The van der Waals surface area contributed by atoms with E-state index in [1.165, 1.54) is 30.2 Å². The lowest BCUT2D eigenvalue weighted by molar-refractivity contribution is 0.0455. The quantitative estimate of drug-likeness (QED) is 0.383. The van der Waals surface area contributed by atoms with Crippen LogP contribution in [0.3, 0.4) is 0 Å². The molecule has 9 heteroatoms. The number of nitrogens with zero attached hydrogens (tertiary/aromatic N) is 2. The van der Waals surface area contributed by atoms with Gasteiger partial charge in [0.25, 0.3) is 11.8 Å². The maximum absolute atomic E-state index is 12.9. The molecule has 2 aliphatic heterocycles. The Balaban J connectivity index is 1.37. The van der Waals surface area contributed by atoms with Crippen LogP contribution in [0.5, 0.6) is 0 Å². The first-order valence-corrected chi connectivity index (χ1v) is 11.6. The van der Waals surface area contributed by atoms with Crippen LogP contribution in [0.4, 0.5) is 0 Å². The number of aromatic nitrogens is 1. The molecule has 0 saturated carbocycles. The number of carbonyl (C=O) groups excluding carboxylic acids is 4. The molecule has 0 N–H and O–H groups in total. The lowest BCUT2D eigenvalue weighted by atomic mass is 10.0. The highest BCUT2D eigenvalue weighted by molar-refractivity contribution is 6.22. The number of imide groups is 1. The maximum Gasteiger partial charge on any atom is 0.340 e. The molecule has 0 aliphatic carbocycles. The number of rotatable bonds is 6. The van der Waals surface area contributed by atoms with Gasteiger partial charge >= 0.3 is 11.9 Å². The summed E-state index contributed by atoms with van der Waals surface area (Å²) in [5.74, 6) is -2.15. The molecule has 184 valence electrons. The average molecular weight is 488 g/mol. The molecule has 36 heavy (non-hydrogen) atoms. The van der Waals surface area contributed by atoms with E-state index < -0.39 is 23.8 Å². The minimum absolute atomic E-state index is 0.117. The standard InChI is InChI=1S/C27H24N2O7/c1-15-18-7-3-4-8-21(18)28-22(23(15)27(33)34-2)14-36-26(32)16-9-10-19-20(12-16)25(31)29(24(19)30)13-17-6-5-11-35-17/h3-4,7-10,12,17H,5-6,11,13-14H2,1-2H3/t17-/m1/s1. The molecule has 0 radical (unpaired) electrons. The average Bonchev–Trinajstić information content (AvgIpc) is 3.49. The molecule has 2 aliphatic rings. The summed E-state index contributed by atoms with van der Waals surface area (Å²) in [7, 11) is 1.28. The van der Waals surface area contributed by atoms with Crippen molar-refractivity contribution in [3.63, 3.8) is 0 Å². The van der Waals surface area contributed by atoms with E-state index >= 15 is 0 Å². The lowest BCUT2D eigenvalue weighted by Crippen LogP contribution is -2.36. The minimum Gasteiger partial charge on any atom is -0.465 e.